The minimum absolute atomic E-state index is 0.209. The van der Waals surface area contributed by atoms with E-state index in [0.717, 1.165) is 5.75 Å². The first-order valence-electron chi connectivity index (χ1n) is 7.88. The Bertz CT molecular complexity index is 828. The fourth-order valence-electron chi connectivity index (χ4n) is 2.49. The maximum atomic E-state index is 6.46. The topological polar surface area (TPSA) is 9.23 Å². The molecule has 0 heterocycles. The maximum Gasteiger partial charge on any atom is 0.250 e. The van der Waals surface area contributed by atoms with Gasteiger partial charge < -0.3 is 4.43 Å². The molecular formula is C20H24OSi. The van der Waals surface area contributed by atoms with Crippen molar-refractivity contribution >= 4 is 29.9 Å². The largest absolute Gasteiger partial charge is 0.543 e. The van der Waals surface area contributed by atoms with Gasteiger partial charge in [-0.15, -0.1) is 0 Å². The third kappa shape index (κ3) is 2.63. The van der Waals surface area contributed by atoms with Gasteiger partial charge in [0.1, 0.15) is 5.75 Å². The van der Waals surface area contributed by atoms with Gasteiger partial charge in [0.2, 0.25) is 8.32 Å². The van der Waals surface area contributed by atoms with Gasteiger partial charge in [-0.05, 0) is 51.8 Å². The van der Waals surface area contributed by atoms with Crippen LogP contribution in [-0.2, 0) is 0 Å². The molecule has 0 aromatic heterocycles. The lowest BCUT2D eigenvalue weighted by molar-refractivity contribution is 0.493. The first-order chi connectivity index (χ1) is 10.3. The average molecular weight is 308 g/mol. The van der Waals surface area contributed by atoms with E-state index in [1.54, 1.807) is 0 Å². The van der Waals surface area contributed by atoms with E-state index in [0.29, 0.717) is 0 Å². The quantitative estimate of drug-likeness (QED) is 0.394. The fraction of sp³-hybridized carbons (Fsp3) is 0.300. The number of hydrogen-bond donors (Lipinski definition) is 0. The molecule has 1 nitrogen and oxygen atoms in total. The van der Waals surface area contributed by atoms with Gasteiger partial charge in [-0.25, -0.2) is 0 Å². The molecule has 0 aliphatic heterocycles. The highest BCUT2D eigenvalue weighted by Gasteiger charge is 2.38. The lowest BCUT2D eigenvalue weighted by atomic mass is 10.0. The number of hydrogen-bond acceptors (Lipinski definition) is 1. The van der Waals surface area contributed by atoms with E-state index in [9.17, 15) is 0 Å². The third-order valence-corrected chi connectivity index (χ3v) is 9.26. The molecule has 2 heteroatoms. The highest BCUT2D eigenvalue weighted by molar-refractivity contribution is 6.74. The van der Waals surface area contributed by atoms with Gasteiger partial charge in [-0.1, -0.05) is 63.2 Å². The second kappa shape index (κ2) is 5.13. The summed E-state index contributed by atoms with van der Waals surface area (Å²) in [6.07, 6.45) is 0. The molecule has 0 unspecified atom stereocenters. The number of rotatable bonds is 2. The smallest absolute Gasteiger partial charge is 0.250 e. The second-order valence-electron chi connectivity index (χ2n) is 7.53. The van der Waals surface area contributed by atoms with Crippen LogP contribution in [0.25, 0.3) is 21.5 Å². The Morgan fingerprint density at radius 2 is 1.36 bits per heavy atom. The summed E-state index contributed by atoms with van der Waals surface area (Å²) in [5.74, 6) is 0.996. The Labute approximate surface area is 134 Å². The van der Waals surface area contributed by atoms with Gasteiger partial charge in [-0.2, -0.15) is 0 Å². The SMILES string of the molecule is CC(C)(C)[Si](C)(C)Oc1ccc2ccc3ccccc3c2c1. The molecule has 0 N–H and O–H groups in total. The summed E-state index contributed by atoms with van der Waals surface area (Å²) >= 11 is 0. The molecule has 0 atom stereocenters. The van der Waals surface area contributed by atoms with Crippen LogP contribution < -0.4 is 4.43 Å². The molecule has 0 fully saturated rings. The molecule has 22 heavy (non-hydrogen) atoms. The monoisotopic (exact) mass is 308 g/mol. The number of fused-ring (bicyclic) bond motifs is 3. The van der Waals surface area contributed by atoms with Crippen LogP contribution in [0.1, 0.15) is 20.8 Å². The van der Waals surface area contributed by atoms with Crippen LogP contribution in [0.5, 0.6) is 5.75 Å². The lowest BCUT2D eigenvalue weighted by Gasteiger charge is -2.36. The van der Waals surface area contributed by atoms with Crippen molar-refractivity contribution in [1.29, 1.82) is 0 Å². The molecule has 3 aromatic rings. The van der Waals surface area contributed by atoms with E-state index in [-0.39, 0.29) is 5.04 Å². The molecular weight excluding hydrogens is 284 g/mol. The summed E-state index contributed by atoms with van der Waals surface area (Å²) in [7, 11) is -1.80. The standard InChI is InChI=1S/C20H24OSi/c1-20(2,3)22(4,5)21-17-13-12-16-11-10-15-8-6-7-9-18(15)19(16)14-17/h6-14H,1-5H3. The van der Waals surface area contributed by atoms with E-state index >= 15 is 0 Å². The van der Waals surface area contributed by atoms with Crippen LogP contribution in [0.4, 0.5) is 0 Å². The van der Waals surface area contributed by atoms with Crippen molar-refractivity contribution in [2.75, 3.05) is 0 Å². The van der Waals surface area contributed by atoms with Crippen LogP contribution in [0.15, 0.2) is 54.6 Å². The Morgan fingerprint density at radius 1 is 0.773 bits per heavy atom. The zero-order valence-electron chi connectivity index (χ0n) is 14.1. The molecule has 0 radical (unpaired) electrons. The van der Waals surface area contributed by atoms with Gasteiger partial charge >= 0.3 is 0 Å². The summed E-state index contributed by atoms with van der Waals surface area (Å²) < 4.78 is 6.46. The fourth-order valence-corrected chi connectivity index (χ4v) is 3.51. The van der Waals surface area contributed by atoms with Gasteiger partial charge in [0, 0.05) is 0 Å². The van der Waals surface area contributed by atoms with Gasteiger partial charge in [0.05, 0.1) is 0 Å². The van der Waals surface area contributed by atoms with Crippen molar-refractivity contribution in [3.05, 3.63) is 54.6 Å². The van der Waals surface area contributed by atoms with Gasteiger partial charge in [-0.3, -0.25) is 0 Å². The van der Waals surface area contributed by atoms with E-state index in [2.05, 4.69) is 88.5 Å². The minimum Gasteiger partial charge on any atom is -0.543 e. The van der Waals surface area contributed by atoms with Crippen LogP contribution in [0.3, 0.4) is 0 Å². The van der Waals surface area contributed by atoms with E-state index in [4.69, 9.17) is 4.43 Å². The molecule has 3 aromatic carbocycles. The van der Waals surface area contributed by atoms with Crippen molar-refractivity contribution in [1.82, 2.24) is 0 Å². The molecule has 114 valence electrons. The first kappa shape index (κ1) is 15.1. The lowest BCUT2D eigenvalue weighted by Crippen LogP contribution is -2.43. The predicted octanol–water partition coefficient (Wildman–Crippen LogP) is 6.38. The van der Waals surface area contributed by atoms with E-state index in [1.165, 1.54) is 21.5 Å². The van der Waals surface area contributed by atoms with Crippen molar-refractivity contribution in [3.63, 3.8) is 0 Å². The number of benzene rings is 3. The molecule has 3 rings (SSSR count). The Hall–Kier alpha value is -1.80. The zero-order valence-corrected chi connectivity index (χ0v) is 15.1. The minimum atomic E-state index is -1.80. The Balaban J connectivity index is 2.11. The van der Waals surface area contributed by atoms with Crippen molar-refractivity contribution in [3.8, 4) is 5.75 Å². The van der Waals surface area contributed by atoms with Crippen LogP contribution in [0.2, 0.25) is 18.1 Å². The van der Waals surface area contributed by atoms with Crippen molar-refractivity contribution < 1.29 is 4.43 Å². The maximum absolute atomic E-state index is 6.46. The zero-order chi connectivity index (χ0) is 16.0. The van der Waals surface area contributed by atoms with Gasteiger partial charge in [0.15, 0.2) is 0 Å². The molecule has 0 aliphatic rings. The molecule has 0 saturated carbocycles. The highest BCUT2D eigenvalue weighted by atomic mass is 28.4. The third-order valence-electron chi connectivity index (χ3n) is 4.90. The van der Waals surface area contributed by atoms with Crippen molar-refractivity contribution in [2.24, 2.45) is 0 Å². The molecule has 0 amide bonds. The first-order valence-corrected chi connectivity index (χ1v) is 10.8. The molecule has 0 spiro atoms. The summed E-state index contributed by atoms with van der Waals surface area (Å²) in [4.78, 5) is 0. The van der Waals surface area contributed by atoms with Gasteiger partial charge in [0.25, 0.3) is 0 Å². The van der Waals surface area contributed by atoms with E-state index < -0.39 is 8.32 Å². The predicted molar refractivity (Wildman–Crippen MR) is 99.3 cm³/mol. The summed E-state index contributed by atoms with van der Waals surface area (Å²) in [6, 6.07) is 19.4. The summed E-state index contributed by atoms with van der Waals surface area (Å²) in [5.41, 5.74) is 0. The van der Waals surface area contributed by atoms with E-state index in [1.807, 2.05) is 0 Å². The summed E-state index contributed by atoms with van der Waals surface area (Å²) in [5, 5.41) is 5.32. The Morgan fingerprint density at radius 3 is 2.05 bits per heavy atom. The normalized spacial score (nSPS) is 12.8. The van der Waals surface area contributed by atoms with Crippen LogP contribution >= 0.6 is 0 Å². The second-order valence-corrected chi connectivity index (χ2v) is 12.3. The molecule has 0 bridgehead atoms. The molecule has 0 aliphatic carbocycles. The molecule has 0 saturated heterocycles. The average Bonchev–Trinajstić information content (AvgIpc) is 2.45. The van der Waals surface area contributed by atoms with Crippen LogP contribution in [0, 0.1) is 0 Å². The van der Waals surface area contributed by atoms with Crippen molar-refractivity contribution in [2.45, 2.75) is 38.9 Å². The highest BCUT2D eigenvalue weighted by Crippen LogP contribution is 2.38. The van der Waals surface area contributed by atoms with Crippen LogP contribution in [-0.4, -0.2) is 8.32 Å². The summed E-state index contributed by atoms with van der Waals surface area (Å²) in [6.45, 7) is 11.4. The Kier molecular flexibility index (Phi) is 3.52.